The number of anilines is 2. The number of amides is 9. The molecule has 456 valence electrons. The molecule has 0 fully saturated rings. The molecule has 9 amide bonds. The van der Waals surface area contributed by atoms with Gasteiger partial charge < -0.3 is 48.9 Å². The summed E-state index contributed by atoms with van der Waals surface area (Å²) in [7, 11) is -9.35. The van der Waals surface area contributed by atoms with E-state index in [4.69, 9.17) is 32.8 Å². The van der Waals surface area contributed by atoms with Crippen molar-refractivity contribution in [1.29, 1.82) is 0 Å². The number of rotatable bonds is 23. The summed E-state index contributed by atoms with van der Waals surface area (Å²) >= 11 is 0. The first kappa shape index (κ1) is 68.6. The average Bonchev–Trinajstić information content (AvgIpc) is 3.52. The van der Waals surface area contributed by atoms with Gasteiger partial charge in [0.2, 0.25) is 29.5 Å². The third kappa shape index (κ3) is 20.4. The van der Waals surface area contributed by atoms with E-state index in [0.717, 1.165) is 22.3 Å². The van der Waals surface area contributed by atoms with E-state index in [-0.39, 0.29) is 45.1 Å². The number of fused-ring (bicyclic) bond motifs is 4. The Balaban J connectivity index is 0.000000317. The third-order valence-corrected chi connectivity index (χ3v) is 15.7. The summed E-state index contributed by atoms with van der Waals surface area (Å²) in [5.74, 6) is 5.71. The molecule has 0 aromatic heterocycles. The second kappa shape index (κ2) is 32.8. The molecule has 4 aromatic carbocycles. The molecule has 6 unspecified atom stereocenters. The Labute approximate surface area is 491 Å². The zero-order chi connectivity index (χ0) is 63.0. The number of urea groups is 2. The van der Waals surface area contributed by atoms with Crippen molar-refractivity contribution >= 4 is 79.2 Å². The molecule has 0 radical (unpaired) electrons. The van der Waals surface area contributed by atoms with Gasteiger partial charge in [0, 0.05) is 79.3 Å². The summed E-state index contributed by atoms with van der Waals surface area (Å²) in [4.78, 5) is 98.4. The number of nitrogens with zero attached hydrogens (tertiary/aromatic N) is 2. The van der Waals surface area contributed by atoms with Crippen molar-refractivity contribution < 1.29 is 79.5 Å². The number of carbonyl (C=O) groups is 8. The Morgan fingerprint density at radius 3 is 1.26 bits per heavy atom. The van der Waals surface area contributed by atoms with E-state index in [9.17, 15) is 55.2 Å². The number of hydrogen-bond acceptors (Lipinski definition) is 17. The Kier molecular flexibility index (Phi) is 26.4. The zero-order valence-corrected chi connectivity index (χ0v) is 48.4. The number of carboxylic acid groups (broad SMARTS) is 1. The first-order chi connectivity index (χ1) is 40.3. The largest absolute Gasteiger partial charge is 0.481 e. The van der Waals surface area contributed by atoms with Crippen LogP contribution in [0.5, 0.6) is 0 Å². The normalized spacial score (nSPS) is 14.1. The Bertz CT molecular complexity index is 3420. The standard InChI is InChI=1S/C28H33N5O8S.C21H22N4O6S.C7H13NO3/c1-18(25(29)34)15-19(2)26(35)32-16-24(42(39,40)41-38)27(36)30-13-14-31-28(37)33-17-22-9-4-3-7-20(22)11-12-21-8-5-6-10-23(21)33;22-13-19(32(29,30)31-28)20(26)23-11-12-24-21(27)25-14-17-7-2-1-5-15(17)9-10-16-6-3-4-8-18(16)25;1-4(6(8)9)3-5(2)7(10)11/h3-10,18-19,24,38H,13-17H2,1-2H3,(H2,29,34)(H,30,36)(H,31,37)(H,32,35);1-8,19,28H,11-14,22H2,(H,23,26)(H,24,27);4-5H,3H2,1-2H3,(H2,8,9)(H,10,11). The quantitative estimate of drug-likeness (QED) is 0.0216. The lowest BCUT2D eigenvalue weighted by Gasteiger charge is -2.26. The number of para-hydroxylation sites is 2. The Morgan fingerprint density at radius 1 is 0.506 bits per heavy atom. The monoisotopic (exact) mass is 1220 g/mol. The van der Waals surface area contributed by atoms with Crippen molar-refractivity contribution in [2.75, 3.05) is 49.1 Å². The van der Waals surface area contributed by atoms with E-state index in [2.05, 4.69) is 58.9 Å². The van der Waals surface area contributed by atoms with Crippen LogP contribution in [0, 0.1) is 47.4 Å². The smallest absolute Gasteiger partial charge is 0.322 e. The topological polar surface area (TPSA) is 429 Å². The fourth-order valence-electron chi connectivity index (χ4n) is 8.12. The molecule has 14 N–H and O–H groups in total. The van der Waals surface area contributed by atoms with Gasteiger partial charge in [-0.2, -0.15) is 16.8 Å². The highest BCUT2D eigenvalue weighted by atomic mass is 32.2. The molecule has 29 heteroatoms. The average molecular weight is 1220 g/mol. The van der Waals surface area contributed by atoms with Gasteiger partial charge in [0.05, 0.1) is 30.4 Å². The van der Waals surface area contributed by atoms with Crippen LogP contribution in [-0.2, 0) is 70.8 Å². The second-order valence-electron chi connectivity index (χ2n) is 19.4. The molecule has 0 aliphatic carbocycles. The van der Waals surface area contributed by atoms with Crippen molar-refractivity contribution in [3.05, 3.63) is 130 Å². The molecule has 0 bridgehead atoms. The predicted molar refractivity (Wildman–Crippen MR) is 310 cm³/mol. The molecular formula is C56H68N10O17S2. The minimum atomic E-state index is -4.81. The van der Waals surface area contributed by atoms with Crippen LogP contribution in [0.2, 0.25) is 0 Å². The minimum absolute atomic E-state index is 0.0217. The number of aliphatic carboxylic acids is 1. The van der Waals surface area contributed by atoms with E-state index >= 15 is 0 Å². The predicted octanol–water partition coefficient (Wildman–Crippen LogP) is 1.28. The lowest BCUT2D eigenvalue weighted by Crippen LogP contribution is -2.50. The fraction of sp³-hybridized carbons (Fsp3) is 0.357. The van der Waals surface area contributed by atoms with Crippen LogP contribution >= 0.6 is 0 Å². The molecule has 4 aromatic rings. The van der Waals surface area contributed by atoms with Gasteiger partial charge >= 0.3 is 38.3 Å². The molecule has 0 saturated heterocycles. The summed E-state index contributed by atoms with van der Waals surface area (Å²) < 4.78 is 54.3. The van der Waals surface area contributed by atoms with E-state index < -0.39 is 109 Å². The first-order valence-electron chi connectivity index (χ1n) is 26.2. The number of carboxylic acids is 1. The highest BCUT2D eigenvalue weighted by Crippen LogP contribution is 2.27. The summed E-state index contributed by atoms with van der Waals surface area (Å²) in [5, 5.41) is 34.4. The van der Waals surface area contributed by atoms with E-state index in [1.54, 1.807) is 49.9 Å². The van der Waals surface area contributed by atoms with Gasteiger partial charge in [-0.05, 0) is 60.4 Å². The number of nitrogens with one attached hydrogen (secondary N) is 5. The maximum atomic E-state index is 13.2. The minimum Gasteiger partial charge on any atom is -0.481 e. The van der Waals surface area contributed by atoms with Gasteiger partial charge in [0.15, 0.2) is 10.5 Å². The van der Waals surface area contributed by atoms with Crippen LogP contribution in [-0.4, -0.2) is 130 Å². The van der Waals surface area contributed by atoms with Crippen LogP contribution in [0.25, 0.3) is 0 Å². The number of benzene rings is 4. The number of primary amides is 2. The third-order valence-electron chi connectivity index (χ3n) is 13.1. The van der Waals surface area contributed by atoms with Gasteiger partial charge in [-0.15, -0.1) is 8.67 Å². The molecule has 0 spiro atoms. The first-order valence-corrected chi connectivity index (χ1v) is 29.2. The van der Waals surface area contributed by atoms with Crippen molar-refractivity contribution in [1.82, 2.24) is 26.6 Å². The van der Waals surface area contributed by atoms with Gasteiger partial charge in [-0.1, -0.05) is 112 Å². The van der Waals surface area contributed by atoms with E-state index in [1.807, 2.05) is 72.8 Å². The fourth-order valence-corrected chi connectivity index (χ4v) is 9.54. The summed E-state index contributed by atoms with van der Waals surface area (Å²) in [6, 6.07) is 28.6. The molecule has 2 aliphatic rings. The molecule has 0 saturated carbocycles. The SMILES string of the molecule is CC(CC(C)C(=O)NCC(C(=O)NCCNC(=O)N1Cc2ccccc2C#Cc2ccccc21)S(=O)(=O)OO)C(N)=O.CC(CC(C)C(=O)O)C(N)=O.NCC(C(=O)NCCNC(=O)N1Cc2ccccc2C#Cc2ccccc21)S(=O)(=O)OO. The molecule has 27 nitrogen and oxygen atoms in total. The number of carbonyl (C=O) groups excluding carboxylic acids is 7. The molecular weight excluding hydrogens is 1150 g/mol. The van der Waals surface area contributed by atoms with E-state index in [0.29, 0.717) is 35.5 Å². The van der Waals surface area contributed by atoms with Crippen molar-refractivity contribution in [3.63, 3.8) is 0 Å². The maximum Gasteiger partial charge on any atom is 0.322 e. The number of nitrogens with two attached hydrogens (primary N) is 3. The maximum absolute atomic E-state index is 13.2. The van der Waals surface area contributed by atoms with E-state index in [1.165, 1.54) is 11.8 Å². The highest BCUT2D eigenvalue weighted by molar-refractivity contribution is 7.88. The van der Waals surface area contributed by atoms with Gasteiger partial charge in [0.1, 0.15) is 0 Å². The van der Waals surface area contributed by atoms with Crippen molar-refractivity contribution in [2.45, 2.75) is 64.1 Å². The Morgan fingerprint density at radius 2 is 0.859 bits per heavy atom. The molecule has 85 heavy (non-hydrogen) atoms. The summed E-state index contributed by atoms with van der Waals surface area (Å²) in [5.41, 5.74) is 21.4. The van der Waals surface area contributed by atoms with Gasteiger partial charge in [-0.3, -0.25) is 38.6 Å². The van der Waals surface area contributed by atoms with Crippen LogP contribution in [0.1, 0.15) is 73.9 Å². The van der Waals surface area contributed by atoms with Crippen LogP contribution in [0.3, 0.4) is 0 Å². The van der Waals surface area contributed by atoms with Gasteiger partial charge in [0.25, 0.3) is 0 Å². The Hall–Kier alpha value is -8.94. The molecule has 2 aliphatic heterocycles. The van der Waals surface area contributed by atoms with Crippen molar-refractivity contribution in [3.8, 4) is 23.7 Å². The van der Waals surface area contributed by atoms with Crippen LogP contribution in [0.4, 0.5) is 21.0 Å². The number of hydrogen-bond donors (Lipinski definition) is 11. The molecule has 6 atom stereocenters. The molecule has 2 heterocycles. The summed E-state index contributed by atoms with van der Waals surface area (Å²) in [6.07, 6.45) is 0.422. The van der Waals surface area contributed by atoms with Crippen molar-refractivity contribution in [2.24, 2.45) is 40.9 Å². The summed E-state index contributed by atoms with van der Waals surface area (Å²) in [6.45, 7) is 5.21. The highest BCUT2D eigenvalue weighted by Gasteiger charge is 2.36. The lowest BCUT2D eigenvalue weighted by atomic mass is 9.96. The zero-order valence-electron chi connectivity index (χ0n) is 46.8. The second-order valence-corrected chi connectivity index (χ2v) is 22.8. The van der Waals surface area contributed by atoms with Gasteiger partial charge in [-0.25, -0.2) is 20.1 Å². The lowest BCUT2D eigenvalue weighted by molar-refractivity contribution is -0.142. The van der Waals surface area contributed by atoms with Crippen LogP contribution < -0.4 is 53.6 Å². The van der Waals surface area contributed by atoms with Crippen LogP contribution in [0.15, 0.2) is 97.1 Å². The molecule has 6 rings (SSSR count).